The van der Waals surface area contributed by atoms with Gasteiger partial charge in [-0.15, -0.1) is 0 Å². The van der Waals surface area contributed by atoms with Gasteiger partial charge in [-0.3, -0.25) is 0 Å². The van der Waals surface area contributed by atoms with Gasteiger partial charge in [0, 0.05) is 44.3 Å². The van der Waals surface area contributed by atoms with Crippen molar-refractivity contribution in [2.75, 3.05) is 38.5 Å². The van der Waals surface area contributed by atoms with Gasteiger partial charge in [-0.2, -0.15) is 0 Å². The van der Waals surface area contributed by atoms with Crippen LogP contribution >= 0.6 is 15.9 Å². The molecule has 8 heteroatoms. The third kappa shape index (κ3) is 4.42. The molecule has 0 saturated carbocycles. The second-order valence-corrected chi connectivity index (χ2v) is 6.45. The molecule has 1 aromatic carbocycles. The normalized spacial score (nSPS) is 15.2. The lowest BCUT2D eigenvalue weighted by Gasteiger charge is -2.31. The molecule has 1 amide bonds. The summed E-state index contributed by atoms with van der Waals surface area (Å²) in [5.41, 5.74) is 0.816. The van der Waals surface area contributed by atoms with Crippen molar-refractivity contribution in [2.24, 2.45) is 0 Å². The maximum Gasteiger partial charge on any atom is 0.415 e. The zero-order valence-corrected chi connectivity index (χ0v) is 14.9. The maximum atomic E-state index is 12.1. The average Bonchev–Trinajstić information content (AvgIpc) is 2.59. The number of nitrogens with one attached hydrogen (secondary N) is 1. The molecule has 1 aromatic heterocycles. The van der Waals surface area contributed by atoms with Gasteiger partial charge in [0.1, 0.15) is 5.75 Å². The molecule has 1 aliphatic heterocycles. The van der Waals surface area contributed by atoms with E-state index < -0.39 is 0 Å². The van der Waals surface area contributed by atoms with Crippen molar-refractivity contribution in [3.05, 3.63) is 41.1 Å². The van der Waals surface area contributed by atoms with Crippen LogP contribution in [-0.4, -0.2) is 59.1 Å². The molecule has 1 fully saturated rings. The molecule has 2 aromatic rings. The van der Waals surface area contributed by atoms with E-state index in [2.05, 4.69) is 36.1 Å². The van der Waals surface area contributed by atoms with Gasteiger partial charge in [0.2, 0.25) is 5.95 Å². The standard InChI is InChI=1S/C16H18BrN5O2/c1-21-6-8-22(9-7-21)16(23)24-14-4-2-13(3-5-14)20-15-18-10-12(17)11-19-15/h2-5,10-11H,6-9H2,1H3,(H,18,19,20). The molecule has 0 atom stereocenters. The van der Waals surface area contributed by atoms with Gasteiger partial charge in [-0.05, 0) is 47.2 Å². The van der Waals surface area contributed by atoms with Gasteiger partial charge in [0.25, 0.3) is 0 Å². The topological polar surface area (TPSA) is 70.6 Å². The molecule has 1 aliphatic rings. The number of anilines is 2. The van der Waals surface area contributed by atoms with E-state index >= 15 is 0 Å². The van der Waals surface area contributed by atoms with Crippen LogP contribution in [0.4, 0.5) is 16.4 Å². The molecule has 1 saturated heterocycles. The Kier molecular flexibility index (Phi) is 5.27. The summed E-state index contributed by atoms with van der Waals surface area (Å²) in [6.45, 7) is 3.11. The van der Waals surface area contributed by atoms with Crippen molar-refractivity contribution in [3.8, 4) is 5.75 Å². The Labute approximate surface area is 148 Å². The fourth-order valence-corrected chi connectivity index (χ4v) is 2.47. The number of piperazine rings is 1. The minimum atomic E-state index is -0.306. The van der Waals surface area contributed by atoms with E-state index in [0.29, 0.717) is 24.8 Å². The molecule has 0 bridgehead atoms. The largest absolute Gasteiger partial charge is 0.415 e. The van der Waals surface area contributed by atoms with Gasteiger partial charge in [-0.1, -0.05) is 0 Å². The monoisotopic (exact) mass is 391 g/mol. The summed E-state index contributed by atoms with van der Waals surface area (Å²) in [5, 5.41) is 3.08. The summed E-state index contributed by atoms with van der Waals surface area (Å²) >= 11 is 3.29. The molecular weight excluding hydrogens is 374 g/mol. The Bertz CT molecular complexity index is 685. The first-order valence-electron chi connectivity index (χ1n) is 7.60. The Morgan fingerprint density at radius 3 is 2.38 bits per heavy atom. The molecular formula is C16H18BrN5O2. The first-order chi connectivity index (χ1) is 11.6. The summed E-state index contributed by atoms with van der Waals surface area (Å²) in [5.74, 6) is 1.02. The van der Waals surface area contributed by atoms with Crippen molar-refractivity contribution in [2.45, 2.75) is 0 Å². The Hall–Kier alpha value is -2.19. The third-order valence-electron chi connectivity index (χ3n) is 3.70. The number of halogens is 1. The molecule has 3 rings (SSSR count). The number of ether oxygens (including phenoxy) is 1. The average molecular weight is 392 g/mol. The van der Waals surface area contributed by atoms with Crippen molar-refractivity contribution in [3.63, 3.8) is 0 Å². The highest BCUT2D eigenvalue weighted by atomic mass is 79.9. The molecule has 126 valence electrons. The molecule has 7 nitrogen and oxygen atoms in total. The number of likely N-dealkylation sites (N-methyl/N-ethyl adjacent to an activating group) is 1. The van der Waals surface area contributed by atoms with E-state index in [1.54, 1.807) is 29.4 Å². The molecule has 0 spiro atoms. The molecule has 24 heavy (non-hydrogen) atoms. The van der Waals surface area contributed by atoms with Crippen LogP contribution in [0.5, 0.6) is 5.75 Å². The van der Waals surface area contributed by atoms with Gasteiger partial charge in [0.15, 0.2) is 0 Å². The number of carbonyl (C=O) groups is 1. The predicted molar refractivity (Wildman–Crippen MR) is 94.6 cm³/mol. The molecule has 0 radical (unpaired) electrons. The highest BCUT2D eigenvalue weighted by Crippen LogP contribution is 2.19. The fraction of sp³-hybridized carbons (Fsp3) is 0.312. The van der Waals surface area contributed by atoms with E-state index in [-0.39, 0.29) is 6.09 Å². The van der Waals surface area contributed by atoms with Crippen LogP contribution in [0.1, 0.15) is 0 Å². The number of carbonyl (C=O) groups excluding carboxylic acids is 1. The lowest BCUT2D eigenvalue weighted by atomic mass is 10.3. The van der Waals surface area contributed by atoms with E-state index in [9.17, 15) is 4.79 Å². The van der Waals surface area contributed by atoms with Crippen LogP contribution in [0.2, 0.25) is 0 Å². The van der Waals surface area contributed by atoms with E-state index in [1.165, 1.54) is 0 Å². The zero-order chi connectivity index (χ0) is 16.9. The number of hydrogen-bond donors (Lipinski definition) is 1. The smallest absolute Gasteiger partial charge is 0.410 e. The Balaban J connectivity index is 1.56. The minimum Gasteiger partial charge on any atom is -0.410 e. The molecule has 1 N–H and O–H groups in total. The maximum absolute atomic E-state index is 12.1. The lowest BCUT2D eigenvalue weighted by Crippen LogP contribution is -2.48. The summed E-state index contributed by atoms with van der Waals surface area (Å²) in [7, 11) is 2.05. The number of amides is 1. The lowest BCUT2D eigenvalue weighted by molar-refractivity contribution is 0.120. The predicted octanol–water partition coefficient (Wildman–Crippen LogP) is 2.73. The van der Waals surface area contributed by atoms with Crippen molar-refractivity contribution >= 4 is 33.7 Å². The first-order valence-corrected chi connectivity index (χ1v) is 8.39. The summed E-state index contributed by atoms with van der Waals surface area (Å²) in [4.78, 5) is 24.3. The van der Waals surface area contributed by atoms with Crippen LogP contribution in [0.3, 0.4) is 0 Å². The van der Waals surface area contributed by atoms with Gasteiger partial charge < -0.3 is 19.9 Å². The van der Waals surface area contributed by atoms with Crippen LogP contribution in [0, 0.1) is 0 Å². The van der Waals surface area contributed by atoms with Crippen molar-refractivity contribution < 1.29 is 9.53 Å². The molecule has 0 unspecified atom stereocenters. The summed E-state index contributed by atoms with van der Waals surface area (Å²) in [6, 6.07) is 7.13. The van der Waals surface area contributed by atoms with Gasteiger partial charge in [-0.25, -0.2) is 14.8 Å². The highest BCUT2D eigenvalue weighted by Gasteiger charge is 2.20. The van der Waals surface area contributed by atoms with Gasteiger partial charge in [0.05, 0.1) is 4.47 Å². The Morgan fingerprint density at radius 1 is 1.12 bits per heavy atom. The molecule has 2 heterocycles. The number of nitrogens with zero attached hydrogens (tertiary/aromatic N) is 4. The zero-order valence-electron chi connectivity index (χ0n) is 13.3. The van der Waals surface area contributed by atoms with Crippen molar-refractivity contribution in [1.29, 1.82) is 0 Å². The highest BCUT2D eigenvalue weighted by molar-refractivity contribution is 9.10. The second kappa shape index (κ2) is 7.59. The van der Waals surface area contributed by atoms with E-state index in [1.807, 2.05) is 19.2 Å². The van der Waals surface area contributed by atoms with E-state index in [4.69, 9.17) is 4.74 Å². The van der Waals surface area contributed by atoms with E-state index in [0.717, 1.165) is 23.2 Å². The molecule has 0 aliphatic carbocycles. The first kappa shape index (κ1) is 16.7. The summed E-state index contributed by atoms with van der Waals surface area (Å²) < 4.78 is 6.23. The van der Waals surface area contributed by atoms with Crippen LogP contribution in [0.25, 0.3) is 0 Å². The number of rotatable bonds is 3. The number of benzene rings is 1. The van der Waals surface area contributed by atoms with Gasteiger partial charge >= 0.3 is 6.09 Å². The Morgan fingerprint density at radius 2 is 1.75 bits per heavy atom. The van der Waals surface area contributed by atoms with Crippen LogP contribution in [0.15, 0.2) is 41.1 Å². The van der Waals surface area contributed by atoms with Crippen molar-refractivity contribution in [1.82, 2.24) is 19.8 Å². The number of hydrogen-bond acceptors (Lipinski definition) is 6. The van der Waals surface area contributed by atoms with Crippen LogP contribution in [-0.2, 0) is 0 Å². The third-order valence-corrected chi connectivity index (χ3v) is 4.11. The quantitative estimate of drug-likeness (QED) is 0.866. The van der Waals surface area contributed by atoms with Crippen LogP contribution < -0.4 is 10.1 Å². The minimum absolute atomic E-state index is 0.306. The SMILES string of the molecule is CN1CCN(C(=O)Oc2ccc(Nc3ncc(Br)cn3)cc2)CC1. The fourth-order valence-electron chi connectivity index (χ4n) is 2.27. The summed E-state index contributed by atoms with van der Waals surface area (Å²) in [6.07, 6.45) is 3.03. The number of aromatic nitrogens is 2. The second-order valence-electron chi connectivity index (χ2n) is 5.53.